The van der Waals surface area contributed by atoms with Gasteiger partial charge in [0.25, 0.3) is 0 Å². The molecule has 4 heteroatoms. The number of hydrogen-bond acceptors (Lipinski definition) is 2. The summed E-state index contributed by atoms with van der Waals surface area (Å²) in [7, 11) is 0. The van der Waals surface area contributed by atoms with Crippen LogP contribution in [-0.4, -0.2) is 4.98 Å². The van der Waals surface area contributed by atoms with Gasteiger partial charge in [0.1, 0.15) is 5.15 Å². The zero-order valence-electron chi connectivity index (χ0n) is 3.82. The van der Waals surface area contributed by atoms with Gasteiger partial charge < -0.3 is 0 Å². The van der Waals surface area contributed by atoms with Crippen LogP contribution in [0.25, 0.3) is 0 Å². The van der Waals surface area contributed by atoms with Gasteiger partial charge in [0, 0.05) is 4.88 Å². The van der Waals surface area contributed by atoms with Crippen molar-refractivity contribution in [2.24, 2.45) is 0 Å². The fraction of sp³-hybridized carbons (Fsp3) is 0. The van der Waals surface area contributed by atoms with Gasteiger partial charge in [-0.25, -0.2) is 4.98 Å². The summed E-state index contributed by atoms with van der Waals surface area (Å²) < 4.78 is 0.444. The molecule has 0 fully saturated rings. The second kappa shape index (κ2) is 2.21. The molecule has 8 heavy (non-hydrogen) atoms. The van der Waals surface area contributed by atoms with Gasteiger partial charge in [-0.3, -0.25) is 0 Å². The van der Waals surface area contributed by atoms with Gasteiger partial charge in [-0.05, 0) is 6.92 Å². The third kappa shape index (κ3) is 1.13. The molecule has 43 valence electrons. The highest BCUT2D eigenvalue weighted by atomic mass is 35.5. The van der Waals surface area contributed by atoms with Crippen LogP contribution in [0.4, 0.5) is 0 Å². The van der Waals surface area contributed by atoms with Crippen molar-refractivity contribution in [2.75, 3.05) is 0 Å². The van der Waals surface area contributed by atoms with E-state index in [0.717, 1.165) is 4.88 Å². The number of hydrogen-bond donors (Lipinski definition) is 0. The standard InChI is InChI=1S/C4H2Cl2NS/c1-2-3(5)7-4(6)8-2/h1H2. The molecular formula is C4H2Cl2NS. The lowest BCUT2D eigenvalue weighted by atomic mass is 10.6. The van der Waals surface area contributed by atoms with Crippen LogP contribution in [0, 0.1) is 6.92 Å². The van der Waals surface area contributed by atoms with Gasteiger partial charge in [-0.1, -0.05) is 23.2 Å². The summed E-state index contributed by atoms with van der Waals surface area (Å²) in [6, 6.07) is 0. The van der Waals surface area contributed by atoms with Crippen LogP contribution in [0.5, 0.6) is 0 Å². The van der Waals surface area contributed by atoms with Crippen molar-refractivity contribution in [3.8, 4) is 0 Å². The Balaban J connectivity index is 3.14. The topological polar surface area (TPSA) is 12.9 Å². The van der Waals surface area contributed by atoms with Gasteiger partial charge in [0.2, 0.25) is 0 Å². The zero-order chi connectivity index (χ0) is 6.15. The number of halogens is 2. The summed E-state index contributed by atoms with van der Waals surface area (Å²) in [6.45, 7) is 3.58. The minimum absolute atomic E-state index is 0.403. The summed E-state index contributed by atoms with van der Waals surface area (Å²) in [5.41, 5.74) is 0. The Labute approximate surface area is 61.3 Å². The van der Waals surface area contributed by atoms with E-state index in [1.807, 2.05) is 0 Å². The van der Waals surface area contributed by atoms with E-state index < -0.39 is 0 Å². The first kappa shape index (κ1) is 6.33. The second-order valence-corrected chi connectivity index (χ2v) is 3.20. The monoisotopic (exact) mass is 166 g/mol. The highest BCUT2D eigenvalue weighted by molar-refractivity contribution is 7.16. The molecule has 0 unspecified atom stereocenters. The van der Waals surface area contributed by atoms with Crippen LogP contribution in [-0.2, 0) is 0 Å². The average Bonchev–Trinajstić information content (AvgIpc) is 1.85. The molecule has 1 nitrogen and oxygen atoms in total. The Morgan fingerprint density at radius 2 is 2.12 bits per heavy atom. The van der Waals surface area contributed by atoms with Crippen LogP contribution in [0.15, 0.2) is 0 Å². The van der Waals surface area contributed by atoms with E-state index in [1.54, 1.807) is 0 Å². The lowest BCUT2D eigenvalue weighted by Gasteiger charge is -1.73. The maximum atomic E-state index is 5.48. The lowest BCUT2D eigenvalue weighted by molar-refractivity contribution is 1.41. The molecule has 0 aromatic carbocycles. The van der Waals surface area contributed by atoms with Gasteiger partial charge >= 0.3 is 0 Å². The van der Waals surface area contributed by atoms with Crippen LogP contribution >= 0.6 is 34.5 Å². The number of aromatic nitrogens is 1. The van der Waals surface area contributed by atoms with Crippen LogP contribution < -0.4 is 0 Å². The third-order valence-corrected chi connectivity index (χ3v) is 2.06. The minimum atomic E-state index is 0.403. The zero-order valence-corrected chi connectivity index (χ0v) is 6.15. The SMILES string of the molecule is [CH2]c1sc(Cl)nc1Cl. The lowest BCUT2D eigenvalue weighted by Crippen LogP contribution is -1.60. The van der Waals surface area contributed by atoms with E-state index in [1.165, 1.54) is 11.3 Å². The predicted molar refractivity (Wildman–Crippen MR) is 36.6 cm³/mol. The molecule has 0 N–H and O–H groups in total. The fourth-order valence-corrected chi connectivity index (χ4v) is 1.43. The molecule has 1 rings (SSSR count). The van der Waals surface area contributed by atoms with Gasteiger partial charge in [0.15, 0.2) is 4.47 Å². The molecule has 0 aliphatic heterocycles. The number of nitrogens with zero attached hydrogens (tertiary/aromatic N) is 1. The Morgan fingerprint density at radius 3 is 2.25 bits per heavy atom. The number of thiazole rings is 1. The van der Waals surface area contributed by atoms with E-state index in [2.05, 4.69) is 11.9 Å². The molecule has 0 bridgehead atoms. The molecule has 0 aliphatic rings. The Bertz CT molecular complexity index is 176. The minimum Gasteiger partial charge on any atom is -0.213 e. The van der Waals surface area contributed by atoms with E-state index >= 15 is 0 Å². The van der Waals surface area contributed by atoms with Crippen LogP contribution in [0.1, 0.15) is 4.88 Å². The smallest absolute Gasteiger partial charge is 0.185 e. The number of rotatable bonds is 0. The molecule has 1 heterocycles. The molecule has 1 aromatic heterocycles. The molecule has 0 saturated heterocycles. The fourth-order valence-electron chi connectivity index (χ4n) is 0.306. The van der Waals surface area contributed by atoms with Crippen molar-refractivity contribution in [3.63, 3.8) is 0 Å². The molecular weight excluding hydrogens is 165 g/mol. The Kier molecular flexibility index (Phi) is 1.75. The normalized spacial score (nSPS) is 9.88. The molecule has 1 aromatic rings. The first-order valence-corrected chi connectivity index (χ1v) is 3.41. The van der Waals surface area contributed by atoms with E-state index in [0.29, 0.717) is 9.62 Å². The Morgan fingerprint density at radius 1 is 1.50 bits per heavy atom. The van der Waals surface area contributed by atoms with E-state index in [4.69, 9.17) is 23.2 Å². The second-order valence-electron chi connectivity index (χ2n) is 1.18. The highest BCUT2D eigenvalue weighted by Gasteiger charge is 2.00. The molecule has 0 atom stereocenters. The molecule has 0 amide bonds. The van der Waals surface area contributed by atoms with Crippen molar-refractivity contribution < 1.29 is 0 Å². The summed E-state index contributed by atoms with van der Waals surface area (Å²) in [6.07, 6.45) is 0. The average molecular weight is 167 g/mol. The molecule has 1 radical (unpaired) electrons. The van der Waals surface area contributed by atoms with Crippen molar-refractivity contribution >= 4 is 34.5 Å². The maximum Gasteiger partial charge on any atom is 0.185 e. The summed E-state index contributed by atoms with van der Waals surface area (Å²) in [4.78, 5) is 4.42. The van der Waals surface area contributed by atoms with Crippen molar-refractivity contribution in [1.82, 2.24) is 4.98 Å². The van der Waals surface area contributed by atoms with Crippen LogP contribution in [0.3, 0.4) is 0 Å². The maximum absolute atomic E-state index is 5.48. The van der Waals surface area contributed by atoms with Crippen LogP contribution in [0.2, 0.25) is 9.62 Å². The van der Waals surface area contributed by atoms with Crippen molar-refractivity contribution in [3.05, 3.63) is 21.4 Å². The predicted octanol–water partition coefficient (Wildman–Crippen LogP) is 2.63. The quantitative estimate of drug-likeness (QED) is 0.578. The van der Waals surface area contributed by atoms with Gasteiger partial charge in [0.05, 0.1) is 0 Å². The first-order chi connectivity index (χ1) is 3.70. The largest absolute Gasteiger partial charge is 0.213 e. The molecule has 0 saturated carbocycles. The summed E-state index contributed by atoms with van der Waals surface area (Å²) in [5, 5.41) is 0.403. The van der Waals surface area contributed by atoms with Crippen molar-refractivity contribution in [2.45, 2.75) is 0 Å². The summed E-state index contributed by atoms with van der Waals surface area (Å²) in [5.74, 6) is 0. The molecule has 0 spiro atoms. The first-order valence-electron chi connectivity index (χ1n) is 1.84. The third-order valence-electron chi connectivity index (χ3n) is 0.624. The Hall–Kier alpha value is 0.210. The highest BCUT2D eigenvalue weighted by Crippen LogP contribution is 2.24. The van der Waals surface area contributed by atoms with E-state index in [9.17, 15) is 0 Å². The van der Waals surface area contributed by atoms with E-state index in [-0.39, 0.29) is 0 Å². The van der Waals surface area contributed by atoms with Crippen molar-refractivity contribution in [1.29, 1.82) is 0 Å². The van der Waals surface area contributed by atoms with Gasteiger partial charge in [-0.2, -0.15) is 0 Å². The summed E-state index contributed by atoms with van der Waals surface area (Å²) >= 11 is 12.2. The molecule has 0 aliphatic carbocycles. The van der Waals surface area contributed by atoms with Gasteiger partial charge in [-0.15, -0.1) is 11.3 Å².